The zero-order valence-electron chi connectivity index (χ0n) is 13.2. The fourth-order valence-electron chi connectivity index (χ4n) is 5.24. The zero-order chi connectivity index (χ0) is 16.2. The van der Waals surface area contributed by atoms with Gasteiger partial charge in [0.25, 0.3) is 0 Å². The zero-order valence-corrected chi connectivity index (χ0v) is 13.2. The van der Waals surface area contributed by atoms with Crippen LogP contribution < -0.4 is 5.32 Å². The average Bonchev–Trinajstić information content (AvgIpc) is 3.05. The molecule has 4 rings (SSSR count). The van der Waals surface area contributed by atoms with Crippen molar-refractivity contribution in [3.63, 3.8) is 0 Å². The number of carbonyl (C=O) groups excluding carboxylic acids is 1. The third kappa shape index (κ3) is 1.71. The van der Waals surface area contributed by atoms with Gasteiger partial charge in [0, 0.05) is 17.6 Å². The molecule has 2 N–H and O–H groups in total. The highest BCUT2D eigenvalue weighted by Crippen LogP contribution is 2.61. The van der Waals surface area contributed by atoms with Crippen LogP contribution in [0.15, 0.2) is 49.6 Å². The molecule has 23 heavy (non-hydrogen) atoms. The molecule has 0 bridgehead atoms. The van der Waals surface area contributed by atoms with Crippen LogP contribution in [0.1, 0.15) is 18.4 Å². The molecule has 2 aliphatic heterocycles. The first-order valence-corrected chi connectivity index (χ1v) is 8.18. The summed E-state index contributed by atoms with van der Waals surface area (Å²) in [4.78, 5) is 15.0. The maximum absolute atomic E-state index is 12.7. The van der Waals surface area contributed by atoms with Gasteiger partial charge in [-0.2, -0.15) is 0 Å². The molecular weight excluding hydrogens is 288 g/mol. The first-order valence-electron chi connectivity index (χ1n) is 8.18. The predicted octanol–water partition coefficient (Wildman–Crippen LogP) is 2.07. The number of benzene rings is 1. The minimum Gasteiger partial charge on any atom is -0.384 e. The van der Waals surface area contributed by atoms with Crippen molar-refractivity contribution in [2.45, 2.75) is 29.9 Å². The largest absolute Gasteiger partial charge is 0.384 e. The summed E-state index contributed by atoms with van der Waals surface area (Å²) >= 11 is 0. The number of rotatable bonds is 3. The van der Waals surface area contributed by atoms with Crippen molar-refractivity contribution in [1.29, 1.82) is 0 Å². The number of nitrogens with one attached hydrogen (secondary N) is 1. The lowest BCUT2D eigenvalue weighted by molar-refractivity contribution is -0.122. The van der Waals surface area contributed by atoms with E-state index in [9.17, 15) is 9.90 Å². The summed E-state index contributed by atoms with van der Waals surface area (Å²) in [7, 11) is 0. The molecule has 1 saturated carbocycles. The Morgan fingerprint density at radius 2 is 2.17 bits per heavy atom. The van der Waals surface area contributed by atoms with Gasteiger partial charge in [0.2, 0.25) is 5.91 Å². The number of likely N-dealkylation sites (tertiary alicyclic amines) is 1. The summed E-state index contributed by atoms with van der Waals surface area (Å²) in [5.74, 6) is -0.202. The maximum atomic E-state index is 12.7. The number of hydrogen-bond acceptors (Lipinski definition) is 3. The average molecular weight is 310 g/mol. The molecule has 0 radical (unpaired) electrons. The van der Waals surface area contributed by atoms with Crippen LogP contribution in [0, 0.1) is 5.92 Å². The number of amides is 1. The van der Waals surface area contributed by atoms with Gasteiger partial charge in [-0.15, -0.1) is 13.2 Å². The Labute approximate surface area is 136 Å². The fourth-order valence-corrected chi connectivity index (χ4v) is 5.24. The molecule has 2 heterocycles. The molecule has 4 nitrogen and oxygen atoms in total. The third-order valence-corrected chi connectivity index (χ3v) is 6.01. The summed E-state index contributed by atoms with van der Waals surface area (Å²) in [6.45, 7) is 9.27. The number of aliphatic hydroxyl groups is 1. The Balaban J connectivity index is 1.95. The lowest BCUT2D eigenvalue weighted by atomic mass is 9.66. The molecule has 4 heteroatoms. The highest BCUT2D eigenvalue weighted by Gasteiger charge is 2.69. The van der Waals surface area contributed by atoms with Crippen molar-refractivity contribution in [2.24, 2.45) is 5.92 Å². The second kappa shape index (κ2) is 4.79. The van der Waals surface area contributed by atoms with Gasteiger partial charge in [0.05, 0.1) is 17.6 Å². The normalized spacial score (nSPS) is 38.4. The molecule has 0 aromatic heterocycles. The Morgan fingerprint density at radius 3 is 2.91 bits per heavy atom. The van der Waals surface area contributed by atoms with Crippen LogP contribution in [0.5, 0.6) is 0 Å². The lowest BCUT2D eigenvalue weighted by Crippen LogP contribution is -2.54. The number of nitrogens with zero attached hydrogens (tertiary/aromatic N) is 1. The van der Waals surface area contributed by atoms with Crippen LogP contribution >= 0.6 is 0 Å². The summed E-state index contributed by atoms with van der Waals surface area (Å²) in [6.07, 6.45) is 4.80. The van der Waals surface area contributed by atoms with E-state index in [-0.39, 0.29) is 23.3 Å². The molecule has 1 unspecified atom stereocenters. The van der Waals surface area contributed by atoms with Gasteiger partial charge in [-0.25, -0.2) is 0 Å². The summed E-state index contributed by atoms with van der Waals surface area (Å²) in [5.41, 5.74) is 0.635. The van der Waals surface area contributed by atoms with Crippen LogP contribution in [0.3, 0.4) is 0 Å². The number of para-hydroxylation sites is 1. The van der Waals surface area contributed by atoms with E-state index in [1.807, 2.05) is 24.3 Å². The van der Waals surface area contributed by atoms with E-state index in [0.717, 1.165) is 24.2 Å². The monoisotopic (exact) mass is 310 g/mol. The second-order valence-electron chi connectivity index (χ2n) is 6.96. The van der Waals surface area contributed by atoms with Crippen molar-refractivity contribution >= 4 is 11.6 Å². The first kappa shape index (κ1) is 14.7. The number of carbonyl (C=O) groups is 1. The first-order chi connectivity index (χ1) is 11.1. The molecule has 1 aromatic carbocycles. The van der Waals surface area contributed by atoms with E-state index in [2.05, 4.69) is 29.4 Å². The molecular formula is C19H22N2O2. The molecule has 1 aliphatic carbocycles. The number of fused-ring (bicyclic) bond motifs is 1. The van der Waals surface area contributed by atoms with Gasteiger partial charge in [-0.1, -0.05) is 30.4 Å². The minimum absolute atomic E-state index is 0.0203. The van der Waals surface area contributed by atoms with E-state index in [1.54, 1.807) is 6.08 Å². The molecule has 1 amide bonds. The van der Waals surface area contributed by atoms with Gasteiger partial charge in [0.1, 0.15) is 0 Å². The van der Waals surface area contributed by atoms with Crippen LogP contribution in [0.25, 0.3) is 0 Å². The predicted molar refractivity (Wildman–Crippen MR) is 90.2 cm³/mol. The maximum Gasteiger partial charge on any atom is 0.228 e. The van der Waals surface area contributed by atoms with Crippen LogP contribution in [-0.4, -0.2) is 40.6 Å². The Hall–Kier alpha value is -1.91. The van der Waals surface area contributed by atoms with Gasteiger partial charge < -0.3 is 10.4 Å². The third-order valence-electron chi connectivity index (χ3n) is 6.01. The molecule has 1 saturated heterocycles. The quantitative estimate of drug-likeness (QED) is 0.841. The summed E-state index contributed by atoms with van der Waals surface area (Å²) in [6, 6.07) is 7.87. The summed E-state index contributed by atoms with van der Waals surface area (Å²) in [5, 5.41) is 14.3. The van der Waals surface area contributed by atoms with E-state index in [1.165, 1.54) is 0 Å². The highest BCUT2D eigenvalue weighted by molar-refractivity contribution is 5.98. The number of hydrogen-bond donors (Lipinski definition) is 2. The Kier molecular flexibility index (Phi) is 3.06. The van der Waals surface area contributed by atoms with Crippen molar-refractivity contribution in [3.05, 3.63) is 55.1 Å². The van der Waals surface area contributed by atoms with E-state index in [4.69, 9.17) is 0 Å². The molecule has 3 aliphatic rings. The molecule has 4 atom stereocenters. The fraction of sp³-hybridized carbons (Fsp3) is 0.421. The van der Waals surface area contributed by atoms with Crippen LogP contribution in [-0.2, 0) is 10.2 Å². The smallest absolute Gasteiger partial charge is 0.228 e. The van der Waals surface area contributed by atoms with E-state index in [0.29, 0.717) is 13.0 Å². The van der Waals surface area contributed by atoms with Crippen molar-refractivity contribution in [1.82, 2.24) is 4.90 Å². The van der Waals surface area contributed by atoms with Gasteiger partial charge in [-0.05, 0) is 31.0 Å². The van der Waals surface area contributed by atoms with Crippen molar-refractivity contribution in [2.75, 3.05) is 18.4 Å². The van der Waals surface area contributed by atoms with Crippen molar-refractivity contribution < 1.29 is 9.90 Å². The SMILES string of the molecule is C=CCN1CC[C@]23c4ccccc4NC(=O)[C@H]2CC(O)(C=C)[C@H]13. The molecule has 1 spiro atoms. The van der Waals surface area contributed by atoms with E-state index >= 15 is 0 Å². The van der Waals surface area contributed by atoms with Gasteiger partial charge in [-0.3, -0.25) is 9.69 Å². The standard InChI is InChI=1S/C19H22N2O2/c1-3-10-21-11-9-19-13-7-5-6-8-15(13)20-16(22)14(19)12-18(23,4-2)17(19)21/h3-8,14,17,23H,1-2,9-12H2,(H,20,22)/t14-,17+,18?,19+/m1/s1. The Morgan fingerprint density at radius 1 is 1.39 bits per heavy atom. The molecule has 1 aromatic rings. The van der Waals surface area contributed by atoms with Crippen LogP contribution in [0.4, 0.5) is 5.69 Å². The van der Waals surface area contributed by atoms with Gasteiger partial charge >= 0.3 is 0 Å². The highest BCUT2D eigenvalue weighted by atomic mass is 16.3. The van der Waals surface area contributed by atoms with Crippen LogP contribution in [0.2, 0.25) is 0 Å². The topological polar surface area (TPSA) is 52.6 Å². The Bertz CT molecular complexity index is 700. The van der Waals surface area contributed by atoms with E-state index < -0.39 is 5.60 Å². The number of anilines is 1. The molecule has 2 fully saturated rings. The summed E-state index contributed by atoms with van der Waals surface area (Å²) < 4.78 is 0. The second-order valence-corrected chi connectivity index (χ2v) is 6.96. The molecule has 120 valence electrons. The minimum atomic E-state index is -1.06. The van der Waals surface area contributed by atoms with Crippen molar-refractivity contribution in [3.8, 4) is 0 Å². The van der Waals surface area contributed by atoms with Gasteiger partial charge in [0.15, 0.2) is 0 Å². The lowest BCUT2D eigenvalue weighted by Gasteiger charge is -2.43.